The first-order valence-electron chi connectivity index (χ1n) is 10.1. The van der Waals surface area contributed by atoms with Gasteiger partial charge in [-0.15, -0.1) is 0 Å². The number of H-pyrrole nitrogens is 1. The summed E-state index contributed by atoms with van der Waals surface area (Å²) in [6, 6.07) is -0.991. The van der Waals surface area contributed by atoms with Gasteiger partial charge in [0, 0.05) is 18.3 Å². The van der Waals surface area contributed by atoms with Crippen molar-refractivity contribution in [2.45, 2.75) is 57.9 Å². The highest BCUT2D eigenvalue weighted by Crippen LogP contribution is 2.05. The lowest BCUT2D eigenvalue weighted by atomic mass is 10.1. The average molecular weight is 425 g/mol. The van der Waals surface area contributed by atoms with Crippen molar-refractivity contribution in [3.63, 3.8) is 0 Å². The smallest absolute Gasteiger partial charge is 0.407 e. The number of carbonyl (C=O) groups is 4. The number of carboxylic acid groups (broad SMARTS) is 1. The fraction of sp³-hybridized carbons (Fsp3) is 0.632. The van der Waals surface area contributed by atoms with Gasteiger partial charge in [-0.3, -0.25) is 14.4 Å². The number of aliphatic carboxylic acids is 1. The summed E-state index contributed by atoms with van der Waals surface area (Å²) in [6.07, 6.45) is 8.69. The van der Waals surface area contributed by atoms with Gasteiger partial charge in [-0.05, 0) is 6.42 Å². The number of amides is 3. The molecule has 0 bridgehead atoms. The monoisotopic (exact) mass is 425 g/mol. The van der Waals surface area contributed by atoms with E-state index in [1.165, 1.54) is 25.4 Å². The fourth-order valence-electron chi connectivity index (χ4n) is 2.58. The quantitative estimate of drug-likeness (QED) is 0.259. The zero-order valence-electron chi connectivity index (χ0n) is 17.2. The van der Waals surface area contributed by atoms with E-state index in [0.29, 0.717) is 5.69 Å². The summed E-state index contributed by atoms with van der Waals surface area (Å²) in [5.74, 6) is -2.45. The minimum absolute atomic E-state index is 0.120. The van der Waals surface area contributed by atoms with Crippen molar-refractivity contribution in [2.75, 3.05) is 19.7 Å². The molecule has 3 amide bonds. The molecular weight excluding hydrogens is 394 g/mol. The molecule has 0 radical (unpaired) electrons. The minimum atomic E-state index is -1.19. The summed E-state index contributed by atoms with van der Waals surface area (Å²) >= 11 is 0. The molecule has 0 aliphatic rings. The van der Waals surface area contributed by atoms with Crippen LogP contribution >= 0.6 is 0 Å². The van der Waals surface area contributed by atoms with Crippen molar-refractivity contribution in [1.82, 2.24) is 25.9 Å². The van der Waals surface area contributed by atoms with Crippen molar-refractivity contribution in [1.29, 1.82) is 0 Å². The number of alkyl carbamates (subject to hydrolysis) is 1. The maximum atomic E-state index is 12.4. The van der Waals surface area contributed by atoms with Crippen LogP contribution < -0.4 is 16.0 Å². The molecule has 0 aromatic carbocycles. The predicted molar refractivity (Wildman–Crippen MR) is 108 cm³/mol. The van der Waals surface area contributed by atoms with Gasteiger partial charge in [-0.2, -0.15) is 0 Å². The number of hydrogen-bond acceptors (Lipinski definition) is 6. The zero-order valence-corrected chi connectivity index (χ0v) is 17.2. The van der Waals surface area contributed by atoms with Crippen LogP contribution in [0.25, 0.3) is 0 Å². The molecular formula is C19H31N5O6. The standard InChI is InChI=1S/C19H31N5O6/c1-2-3-4-5-6-7-8-30-19(29)24-15(9-14-10-20-13-23-14)18(28)22-11-16(25)21-12-17(26)27/h10,13,15H,2-9,11-12H2,1H3,(H,20,23)(H,21,25)(H,22,28)(H,24,29)(H,26,27)/t15-/m0/s1. The molecule has 0 saturated heterocycles. The molecule has 0 spiro atoms. The lowest BCUT2D eigenvalue weighted by Gasteiger charge is -2.17. The van der Waals surface area contributed by atoms with Crippen molar-refractivity contribution < 1.29 is 29.0 Å². The maximum absolute atomic E-state index is 12.4. The summed E-state index contributed by atoms with van der Waals surface area (Å²) in [7, 11) is 0. The van der Waals surface area contributed by atoms with E-state index in [1.54, 1.807) is 0 Å². The molecule has 0 aliphatic carbocycles. The number of hydrogen-bond donors (Lipinski definition) is 5. The second-order valence-corrected chi connectivity index (χ2v) is 6.77. The lowest BCUT2D eigenvalue weighted by Crippen LogP contribution is -2.50. The molecule has 30 heavy (non-hydrogen) atoms. The van der Waals surface area contributed by atoms with Gasteiger partial charge in [-0.1, -0.05) is 39.0 Å². The number of nitrogens with one attached hydrogen (secondary N) is 4. The van der Waals surface area contributed by atoms with Gasteiger partial charge in [0.05, 0.1) is 19.5 Å². The topological polar surface area (TPSA) is 163 Å². The highest BCUT2D eigenvalue weighted by molar-refractivity contribution is 5.90. The van der Waals surface area contributed by atoms with E-state index in [9.17, 15) is 19.2 Å². The Bertz CT molecular complexity index is 664. The fourth-order valence-corrected chi connectivity index (χ4v) is 2.58. The van der Waals surface area contributed by atoms with Crippen LogP contribution in [-0.4, -0.2) is 64.7 Å². The molecule has 0 fully saturated rings. The van der Waals surface area contributed by atoms with E-state index in [4.69, 9.17) is 9.84 Å². The highest BCUT2D eigenvalue weighted by Gasteiger charge is 2.23. The number of unbranched alkanes of at least 4 members (excludes halogenated alkanes) is 5. The van der Waals surface area contributed by atoms with Crippen LogP contribution in [0.15, 0.2) is 12.5 Å². The van der Waals surface area contributed by atoms with Crippen LogP contribution in [0.4, 0.5) is 4.79 Å². The molecule has 5 N–H and O–H groups in total. The third-order valence-corrected chi connectivity index (χ3v) is 4.18. The Hall–Kier alpha value is -3.11. The Labute approximate surface area is 175 Å². The van der Waals surface area contributed by atoms with Gasteiger partial charge in [0.25, 0.3) is 0 Å². The number of carbonyl (C=O) groups excluding carboxylic acids is 3. The van der Waals surface area contributed by atoms with E-state index in [2.05, 4.69) is 32.8 Å². The first-order chi connectivity index (χ1) is 14.4. The summed E-state index contributed by atoms with van der Waals surface area (Å²) in [5, 5.41) is 15.5. The number of carboxylic acids is 1. The van der Waals surface area contributed by atoms with Crippen LogP contribution in [0.3, 0.4) is 0 Å². The summed E-state index contributed by atoms with van der Waals surface area (Å²) in [5.41, 5.74) is 0.613. The van der Waals surface area contributed by atoms with Crippen molar-refractivity contribution in [3.8, 4) is 0 Å². The lowest BCUT2D eigenvalue weighted by molar-refractivity contribution is -0.137. The molecule has 0 aliphatic heterocycles. The van der Waals surface area contributed by atoms with Gasteiger partial charge in [0.15, 0.2) is 0 Å². The van der Waals surface area contributed by atoms with E-state index in [-0.39, 0.29) is 13.0 Å². The van der Waals surface area contributed by atoms with Gasteiger partial charge >= 0.3 is 12.1 Å². The maximum Gasteiger partial charge on any atom is 0.407 e. The molecule has 11 nitrogen and oxygen atoms in total. The van der Waals surface area contributed by atoms with Crippen molar-refractivity contribution in [2.24, 2.45) is 0 Å². The van der Waals surface area contributed by atoms with Gasteiger partial charge < -0.3 is 30.8 Å². The van der Waals surface area contributed by atoms with E-state index in [0.717, 1.165) is 25.7 Å². The van der Waals surface area contributed by atoms with Crippen molar-refractivity contribution in [3.05, 3.63) is 18.2 Å². The zero-order chi connectivity index (χ0) is 22.2. The Kier molecular flexibility index (Phi) is 12.3. The third kappa shape index (κ3) is 11.7. The van der Waals surface area contributed by atoms with Crippen LogP contribution in [-0.2, 0) is 25.5 Å². The second kappa shape index (κ2) is 14.8. The number of imidazole rings is 1. The second-order valence-electron chi connectivity index (χ2n) is 6.77. The van der Waals surface area contributed by atoms with Crippen molar-refractivity contribution >= 4 is 23.9 Å². The number of ether oxygens (including phenoxy) is 1. The molecule has 168 valence electrons. The molecule has 0 saturated carbocycles. The minimum Gasteiger partial charge on any atom is -0.480 e. The van der Waals surface area contributed by atoms with Gasteiger partial charge in [0.1, 0.15) is 12.6 Å². The average Bonchev–Trinajstić information content (AvgIpc) is 3.22. The molecule has 1 rings (SSSR count). The molecule has 11 heteroatoms. The van der Waals surface area contributed by atoms with E-state index >= 15 is 0 Å². The summed E-state index contributed by atoms with van der Waals surface area (Å²) in [6.45, 7) is 1.44. The Balaban J connectivity index is 2.44. The third-order valence-electron chi connectivity index (χ3n) is 4.18. The first kappa shape index (κ1) is 24.9. The SMILES string of the molecule is CCCCCCCCOC(=O)N[C@@H](Cc1cnc[nH]1)C(=O)NCC(=O)NCC(=O)O. The Morgan fingerprint density at radius 2 is 1.83 bits per heavy atom. The van der Waals surface area contributed by atoms with E-state index in [1.807, 2.05) is 0 Å². The molecule has 0 unspecified atom stereocenters. The Morgan fingerprint density at radius 1 is 1.10 bits per heavy atom. The normalized spacial score (nSPS) is 11.4. The largest absolute Gasteiger partial charge is 0.480 e. The van der Waals surface area contributed by atoms with Crippen LogP contribution in [0, 0.1) is 0 Å². The highest BCUT2D eigenvalue weighted by atomic mass is 16.5. The molecule has 1 atom stereocenters. The molecule has 1 aromatic heterocycles. The van der Waals surface area contributed by atoms with Gasteiger partial charge in [0.2, 0.25) is 11.8 Å². The van der Waals surface area contributed by atoms with Gasteiger partial charge in [-0.25, -0.2) is 9.78 Å². The predicted octanol–water partition coefficient (Wildman–Crippen LogP) is 0.725. The van der Waals surface area contributed by atoms with Crippen LogP contribution in [0.2, 0.25) is 0 Å². The molecule has 1 aromatic rings. The summed E-state index contributed by atoms with van der Waals surface area (Å²) < 4.78 is 5.14. The number of nitrogens with zero attached hydrogens (tertiary/aromatic N) is 1. The number of aromatic amines is 1. The number of rotatable bonds is 15. The van der Waals surface area contributed by atoms with E-state index < -0.39 is 43.0 Å². The Morgan fingerprint density at radius 3 is 2.50 bits per heavy atom. The molecule has 1 heterocycles. The van der Waals surface area contributed by atoms with Crippen LogP contribution in [0.1, 0.15) is 51.1 Å². The first-order valence-corrected chi connectivity index (χ1v) is 10.1. The summed E-state index contributed by atoms with van der Waals surface area (Å²) in [4.78, 5) is 53.2. The van der Waals surface area contributed by atoms with Crippen LogP contribution in [0.5, 0.6) is 0 Å². The number of aromatic nitrogens is 2.